The smallest absolute Gasteiger partial charge is 0.265 e. The summed E-state index contributed by atoms with van der Waals surface area (Å²) in [5.74, 6) is 0.163. The molecule has 0 bridgehead atoms. The molecule has 3 N–H and O–H groups in total. The first-order chi connectivity index (χ1) is 13.0. The molecule has 1 aliphatic rings. The SMILES string of the molecule is C[C@H](Oc1ccccc1)C(=O)Nc1cccc(CN2CCC[C@H]2C(N)=O)c1. The number of nitrogens with one attached hydrogen (secondary N) is 1. The molecule has 2 amide bonds. The Morgan fingerprint density at radius 1 is 1.22 bits per heavy atom. The Morgan fingerprint density at radius 2 is 2.00 bits per heavy atom. The van der Waals surface area contributed by atoms with E-state index in [1.54, 1.807) is 6.92 Å². The number of anilines is 1. The Bertz CT molecular complexity index is 794. The first-order valence-corrected chi connectivity index (χ1v) is 9.18. The van der Waals surface area contributed by atoms with E-state index in [9.17, 15) is 9.59 Å². The number of nitrogens with zero attached hydrogens (tertiary/aromatic N) is 1. The molecule has 1 aliphatic heterocycles. The second kappa shape index (κ2) is 8.68. The van der Waals surface area contributed by atoms with E-state index in [-0.39, 0.29) is 17.9 Å². The largest absolute Gasteiger partial charge is 0.481 e. The number of carbonyl (C=O) groups is 2. The summed E-state index contributed by atoms with van der Waals surface area (Å²) in [5, 5.41) is 2.89. The van der Waals surface area contributed by atoms with E-state index < -0.39 is 6.10 Å². The highest BCUT2D eigenvalue weighted by Crippen LogP contribution is 2.21. The molecule has 6 heteroatoms. The molecule has 2 aromatic rings. The maximum absolute atomic E-state index is 12.4. The van der Waals surface area contributed by atoms with Gasteiger partial charge in [0.05, 0.1) is 6.04 Å². The molecule has 2 aromatic carbocycles. The van der Waals surface area contributed by atoms with Crippen LogP contribution in [0, 0.1) is 0 Å². The zero-order valence-corrected chi connectivity index (χ0v) is 15.4. The van der Waals surface area contributed by atoms with Crippen LogP contribution in [-0.4, -0.2) is 35.4 Å². The van der Waals surface area contributed by atoms with Crippen LogP contribution in [0.15, 0.2) is 54.6 Å². The topological polar surface area (TPSA) is 84.7 Å². The summed E-state index contributed by atoms with van der Waals surface area (Å²) in [6.07, 6.45) is 1.16. The second-order valence-corrected chi connectivity index (χ2v) is 6.79. The highest BCUT2D eigenvalue weighted by atomic mass is 16.5. The van der Waals surface area contributed by atoms with E-state index >= 15 is 0 Å². The Hall–Kier alpha value is -2.86. The molecule has 0 unspecified atom stereocenters. The van der Waals surface area contributed by atoms with Crippen LogP contribution in [0.1, 0.15) is 25.3 Å². The molecule has 1 fully saturated rings. The lowest BCUT2D eigenvalue weighted by molar-refractivity contribution is -0.122. The molecule has 1 saturated heterocycles. The molecule has 1 heterocycles. The molecule has 27 heavy (non-hydrogen) atoms. The van der Waals surface area contributed by atoms with Crippen molar-refractivity contribution in [2.24, 2.45) is 5.73 Å². The number of ether oxygens (including phenoxy) is 1. The van der Waals surface area contributed by atoms with Gasteiger partial charge in [-0.15, -0.1) is 0 Å². The number of rotatable bonds is 7. The molecule has 0 aromatic heterocycles. The van der Waals surface area contributed by atoms with Crippen molar-refractivity contribution in [3.63, 3.8) is 0 Å². The Labute approximate surface area is 159 Å². The predicted octanol–water partition coefficient (Wildman–Crippen LogP) is 2.54. The van der Waals surface area contributed by atoms with Crippen molar-refractivity contribution in [1.29, 1.82) is 0 Å². The summed E-state index contributed by atoms with van der Waals surface area (Å²) in [4.78, 5) is 26.0. The van der Waals surface area contributed by atoms with Crippen LogP contribution in [0.2, 0.25) is 0 Å². The fraction of sp³-hybridized carbons (Fsp3) is 0.333. The van der Waals surface area contributed by atoms with Gasteiger partial charge in [-0.1, -0.05) is 30.3 Å². The first kappa shape index (κ1) is 18.9. The zero-order chi connectivity index (χ0) is 19.2. The van der Waals surface area contributed by atoms with Crippen LogP contribution in [0.3, 0.4) is 0 Å². The van der Waals surface area contributed by atoms with Gasteiger partial charge in [0.15, 0.2) is 6.10 Å². The summed E-state index contributed by atoms with van der Waals surface area (Å²) in [6.45, 7) is 3.20. The third kappa shape index (κ3) is 5.08. The number of hydrogen-bond donors (Lipinski definition) is 2. The fourth-order valence-electron chi connectivity index (χ4n) is 3.32. The maximum Gasteiger partial charge on any atom is 0.265 e. The summed E-state index contributed by atoms with van der Waals surface area (Å²) in [5.41, 5.74) is 7.21. The monoisotopic (exact) mass is 367 g/mol. The average Bonchev–Trinajstić information content (AvgIpc) is 3.11. The summed E-state index contributed by atoms with van der Waals surface area (Å²) in [6, 6.07) is 16.7. The molecular weight excluding hydrogens is 342 g/mol. The van der Waals surface area contributed by atoms with E-state index in [1.165, 1.54) is 0 Å². The summed E-state index contributed by atoms with van der Waals surface area (Å²) < 4.78 is 5.65. The summed E-state index contributed by atoms with van der Waals surface area (Å²) >= 11 is 0. The van der Waals surface area contributed by atoms with E-state index in [2.05, 4.69) is 10.2 Å². The van der Waals surface area contributed by atoms with Crippen molar-refractivity contribution in [3.05, 3.63) is 60.2 Å². The number of amides is 2. The lowest BCUT2D eigenvalue weighted by Crippen LogP contribution is -2.39. The number of nitrogens with two attached hydrogens (primary N) is 1. The lowest BCUT2D eigenvalue weighted by atomic mass is 10.1. The standard InChI is InChI=1S/C21H25N3O3/c1-15(27-18-9-3-2-4-10-18)21(26)23-17-8-5-7-16(13-17)14-24-12-6-11-19(24)20(22)25/h2-5,7-10,13,15,19H,6,11-12,14H2,1H3,(H2,22,25)(H,23,26)/t15-,19-/m0/s1. The van der Waals surface area contributed by atoms with Gasteiger partial charge in [0, 0.05) is 12.2 Å². The maximum atomic E-state index is 12.4. The van der Waals surface area contributed by atoms with Gasteiger partial charge in [-0.25, -0.2) is 0 Å². The molecule has 0 radical (unpaired) electrons. The van der Waals surface area contributed by atoms with Crippen molar-refractivity contribution in [1.82, 2.24) is 4.90 Å². The van der Waals surface area contributed by atoms with Crippen molar-refractivity contribution in [3.8, 4) is 5.75 Å². The van der Waals surface area contributed by atoms with Crippen LogP contribution in [0.4, 0.5) is 5.69 Å². The highest BCUT2D eigenvalue weighted by Gasteiger charge is 2.28. The van der Waals surface area contributed by atoms with Crippen molar-refractivity contribution in [2.45, 2.75) is 38.5 Å². The molecule has 0 spiro atoms. The predicted molar refractivity (Wildman–Crippen MR) is 104 cm³/mol. The third-order valence-electron chi connectivity index (χ3n) is 4.70. The van der Waals surface area contributed by atoms with E-state index in [4.69, 9.17) is 10.5 Å². The Balaban J connectivity index is 1.60. The van der Waals surface area contributed by atoms with Crippen molar-refractivity contribution < 1.29 is 14.3 Å². The third-order valence-corrected chi connectivity index (χ3v) is 4.70. The number of para-hydroxylation sites is 1. The van der Waals surface area contributed by atoms with Gasteiger partial charge in [-0.2, -0.15) is 0 Å². The van der Waals surface area contributed by atoms with E-state index in [0.717, 1.165) is 24.9 Å². The van der Waals surface area contributed by atoms with Gasteiger partial charge in [0.1, 0.15) is 5.75 Å². The second-order valence-electron chi connectivity index (χ2n) is 6.79. The minimum atomic E-state index is -0.617. The molecule has 142 valence electrons. The molecular formula is C21H25N3O3. The van der Waals surface area contributed by atoms with Crippen molar-refractivity contribution in [2.75, 3.05) is 11.9 Å². The zero-order valence-electron chi connectivity index (χ0n) is 15.4. The quantitative estimate of drug-likeness (QED) is 0.788. The van der Waals surface area contributed by atoms with Gasteiger partial charge in [-0.3, -0.25) is 14.5 Å². The van der Waals surface area contributed by atoms with Gasteiger partial charge in [0.25, 0.3) is 5.91 Å². The van der Waals surface area contributed by atoms with Gasteiger partial charge in [0.2, 0.25) is 5.91 Å². The number of primary amides is 1. The van der Waals surface area contributed by atoms with Crippen molar-refractivity contribution >= 4 is 17.5 Å². The fourth-order valence-corrected chi connectivity index (χ4v) is 3.32. The molecule has 6 nitrogen and oxygen atoms in total. The summed E-state index contributed by atoms with van der Waals surface area (Å²) in [7, 11) is 0. The molecule has 0 aliphatic carbocycles. The van der Waals surface area contributed by atoms with Gasteiger partial charge >= 0.3 is 0 Å². The number of hydrogen-bond acceptors (Lipinski definition) is 4. The van der Waals surface area contributed by atoms with Crippen LogP contribution >= 0.6 is 0 Å². The van der Waals surface area contributed by atoms with Crippen LogP contribution in [0.5, 0.6) is 5.75 Å². The van der Waals surface area contributed by atoms with E-state index in [0.29, 0.717) is 18.0 Å². The van der Waals surface area contributed by atoms with Gasteiger partial charge in [-0.05, 0) is 56.1 Å². The van der Waals surface area contributed by atoms with Gasteiger partial charge < -0.3 is 15.8 Å². The van der Waals surface area contributed by atoms with Crippen LogP contribution in [-0.2, 0) is 16.1 Å². The first-order valence-electron chi connectivity index (χ1n) is 9.18. The Morgan fingerprint density at radius 3 is 2.74 bits per heavy atom. The number of benzene rings is 2. The normalized spacial score (nSPS) is 18.0. The minimum Gasteiger partial charge on any atom is -0.481 e. The minimum absolute atomic E-state index is 0.206. The van der Waals surface area contributed by atoms with E-state index in [1.807, 2.05) is 54.6 Å². The lowest BCUT2D eigenvalue weighted by Gasteiger charge is -2.22. The Kier molecular flexibility index (Phi) is 6.08. The van der Waals surface area contributed by atoms with Crippen LogP contribution < -0.4 is 15.8 Å². The molecule has 0 saturated carbocycles. The molecule has 3 rings (SSSR count). The average molecular weight is 367 g/mol. The number of carbonyl (C=O) groups excluding carboxylic acids is 2. The number of likely N-dealkylation sites (tertiary alicyclic amines) is 1. The van der Waals surface area contributed by atoms with Crippen LogP contribution in [0.25, 0.3) is 0 Å². The highest BCUT2D eigenvalue weighted by molar-refractivity contribution is 5.94. The molecule has 2 atom stereocenters.